The highest BCUT2D eigenvalue weighted by Crippen LogP contribution is 2.20. The summed E-state index contributed by atoms with van der Waals surface area (Å²) in [6.07, 6.45) is 1.68. The molecule has 2 aromatic carbocycles. The third kappa shape index (κ3) is 3.25. The SMILES string of the molecule is O=C(NCc1cccc2ccccc12)N1CCN(c2nccs2)C(=O)C1. The topological polar surface area (TPSA) is 65.5 Å². The largest absolute Gasteiger partial charge is 0.334 e. The van der Waals surface area contributed by atoms with Gasteiger partial charge in [0.1, 0.15) is 6.54 Å². The molecule has 7 heteroatoms. The molecule has 1 aliphatic heterocycles. The number of urea groups is 1. The number of benzene rings is 2. The van der Waals surface area contributed by atoms with Gasteiger partial charge in [0.25, 0.3) is 0 Å². The Morgan fingerprint density at radius 3 is 2.81 bits per heavy atom. The Labute approximate surface area is 155 Å². The van der Waals surface area contributed by atoms with Gasteiger partial charge < -0.3 is 10.2 Å². The minimum absolute atomic E-state index is 0.0704. The first kappa shape index (κ1) is 16.5. The quantitative estimate of drug-likeness (QED) is 0.775. The zero-order valence-electron chi connectivity index (χ0n) is 14.1. The molecule has 0 bridgehead atoms. The molecule has 0 saturated carbocycles. The van der Waals surface area contributed by atoms with Crippen molar-refractivity contribution < 1.29 is 9.59 Å². The fourth-order valence-corrected chi connectivity index (χ4v) is 3.81. The van der Waals surface area contributed by atoms with Gasteiger partial charge >= 0.3 is 6.03 Å². The lowest BCUT2D eigenvalue weighted by Gasteiger charge is -2.32. The highest BCUT2D eigenvalue weighted by Gasteiger charge is 2.29. The Bertz CT molecular complexity index is 936. The van der Waals surface area contributed by atoms with Crippen molar-refractivity contribution in [1.29, 1.82) is 0 Å². The van der Waals surface area contributed by atoms with E-state index in [2.05, 4.69) is 22.4 Å². The third-order valence-electron chi connectivity index (χ3n) is 4.47. The fourth-order valence-electron chi connectivity index (χ4n) is 3.13. The lowest BCUT2D eigenvalue weighted by Crippen LogP contribution is -2.54. The molecule has 0 unspecified atom stereocenters. The van der Waals surface area contributed by atoms with Crippen molar-refractivity contribution in [3.05, 3.63) is 59.6 Å². The van der Waals surface area contributed by atoms with Crippen LogP contribution in [0.15, 0.2) is 54.0 Å². The van der Waals surface area contributed by atoms with Gasteiger partial charge in [-0.2, -0.15) is 0 Å². The molecule has 0 atom stereocenters. The van der Waals surface area contributed by atoms with Gasteiger partial charge in [0.05, 0.1) is 0 Å². The molecule has 2 heterocycles. The van der Waals surface area contributed by atoms with E-state index in [1.165, 1.54) is 11.3 Å². The van der Waals surface area contributed by atoms with Crippen molar-refractivity contribution in [2.45, 2.75) is 6.54 Å². The van der Waals surface area contributed by atoms with E-state index in [4.69, 9.17) is 0 Å². The molecule has 1 N–H and O–H groups in total. The Kier molecular flexibility index (Phi) is 4.53. The fraction of sp³-hybridized carbons (Fsp3) is 0.211. The maximum Gasteiger partial charge on any atom is 0.318 e. The first-order chi connectivity index (χ1) is 12.7. The number of rotatable bonds is 3. The molecule has 1 aliphatic rings. The van der Waals surface area contributed by atoms with Crippen LogP contribution in [0.2, 0.25) is 0 Å². The molecule has 0 aliphatic carbocycles. The molecule has 0 radical (unpaired) electrons. The molecule has 132 valence electrons. The molecule has 1 saturated heterocycles. The van der Waals surface area contributed by atoms with Crippen molar-refractivity contribution in [2.75, 3.05) is 24.5 Å². The summed E-state index contributed by atoms with van der Waals surface area (Å²) < 4.78 is 0. The summed E-state index contributed by atoms with van der Waals surface area (Å²) in [7, 11) is 0. The van der Waals surface area contributed by atoms with Gasteiger partial charge in [0, 0.05) is 31.2 Å². The molecule has 4 rings (SSSR count). The summed E-state index contributed by atoms with van der Waals surface area (Å²) in [5, 5.41) is 7.73. The van der Waals surface area contributed by atoms with Crippen LogP contribution in [0, 0.1) is 0 Å². The third-order valence-corrected chi connectivity index (χ3v) is 5.26. The minimum atomic E-state index is -0.218. The zero-order chi connectivity index (χ0) is 17.9. The van der Waals surface area contributed by atoms with Gasteiger partial charge in [-0.15, -0.1) is 11.3 Å². The van der Waals surface area contributed by atoms with Gasteiger partial charge in [0.2, 0.25) is 5.91 Å². The maximum atomic E-state index is 12.5. The summed E-state index contributed by atoms with van der Waals surface area (Å²) in [6.45, 7) is 1.46. The maximum absolute atomic E-state index is 12.5. The predicted octanol–water partition coefficient (Wildman–Crippen LogP) is 2.85. The molecule has 1 fully saturated rings. The Morgan fingerprint density at radius 1 is 1.15 bits per heavy atom. The van der Waals surface area contributed by atoms with Crippen LogP contribution in [-0.4, -0.2) is 41.5 Å². The first-order valence-electron chi connectivity index (χ1n) is 8.41. The van der Waals surface area contributed by atoms with Crippen LogP contribution in [0.1, 0.15) is 5.56 Å². The average Bonchev–Trinajstić information content (AvgIpc) is 3.20. The minimum Gasteiger partial charge on any atom is -0.334 e. The molecular formula is C19H18N4O2S. The first-order valence-corrected chi connectivity index (χ1v) is 9.29. The Hall–Kier alpha value is -2.93. The van der Waals surface area contributed by atoms with E-state index >= 15 is 0 Å². The van der Waals surface area contributed by atoms with Gasteiger partial charge in [-0.25, -0.2) is 9.78 Å². The lowest BCUT2D eigenvalue weighted by molar-refractivity contribution is -0.120. The van der Waals surface area contributed by atoms with Gasteiger partial charge in [-0.3, -0.25) is 9.69 Å². The van der Waals surface area contributed by atoms with Crippen molar-refractivity contribution in [3.8, 4) is 0 Å². The van der Waals surface area contributed by atoms with E-state index < -0.39 is 0 Å². The number of anilines is 1. The number of hydrogen-bond donors (Lipinski definition) is 1. The number of aromatic nitrogens is 1. The second-order valence-electron chi connectivity index (χ2n) is 6.08. The zero-order valence-corrected chi connectivity index (χ0v) is 14.9. The van der Waals surface area contributed by atoms with Crippen LogP contribution in [-0.2, 0) is 11.3 Å². The van der Waals surface area contributed by atoms with Crippen LogP contribution in [0.5, 0.6) is 0 Å². The summed E-state index contributed by atoms with van der Waals surface area (Å²) in [5.74, 6) is -0.105. The van der Waals surface area contributed by atoms with Crippen molar-refractivity contribution in [1.82, 2.24) is 15.2 Å². The van der Waals surface area contributed by atoms with E-state index in [0.717, 1.165) is 16.3 Å². The van der Waals surface area contributed by atoms with Gasteiger partial charge in [-0.05, 0) is 16.3 Å². The smallest absolute Gasteiger partial charge is 0.318 e. The van der Waals surface area contributed by atoms with Crippen molar-refractivity contribution in [3.63, 3.8) is 0 Å². The lowest BCUT2D eigenvalue weighted by atomic mass is 10.0. The highest BCUT2D eigenvalue weighted by atomic mass is 32.1. The Balaban J connectivity index is 1.39. The number of amides is 3. The normalized spacial score (nSPS) is 14.7. The number of carbonyl (C=O) groups excluding carboxylic acids is 2. The number of hydrogen-bond acceptors (Lipinski definition) is 4. The van der Waals surface area contributed by atoms with Crippen molar-refractivity contribution in [2.24, 2.45) is 0 Å². The molecule has 0 spiro atoms. The summed E-state index contributed by atoms with van der Waals surface area (Å²) in [6, 6.07) is 13.9. The predicted molar refractivity (Wildman–Crippen MR) is 102 cm³/mol. The summed E-state index contributed by atoms with van der Waals surface area (Å²) >= 11 is 1.43. The van der Waals surface area contributed by atoms with E-state index in [-0.39, 0.29) is 18.5 Å². The van der Waals surface area contributed by atoms with Gasteiger partial charge in [0.15, 0.2) is 5.13 Å². The highest BCUT2D eigenvalue weighted by molar-refractivity contribution is 7.13. The number of fused-ring (bicyclic) bond motifs is 1. The van der Waals surface area contributed by atoms with E-state index in [0.29, 0.717) is 24.8 Å². The monoisotopic (exact) mass is 366 g/mol. The van der Waals surface area contributed by atoms with E-state index in [9.17, 15) is 9.59 Å². The van der Waals surface area contributed by atoms with Gasteiger partial charge in [-0.1, -0.05) is 42.5 Å². The number of thiazole rings is 1. The standard InChI is InChI=1S/C19H18N4O2S/c24-17-13-22(9-10-23(17)19-20-8-11-26-19)18(25)21-12-15-6-3-5-14-4-1-2-7-16(14)15/h1-8,11H,9-10,12-13H2,(H,21,25). The molecule has 3 aromatic rings. The molecular weight excluding hydrogens is 348 g/mol. The number of nitrogens with zero attached hydrogens (tertiary/aromatic N) is 3. The summed E-state index contributed by atoms with van der Waals surface area (Å²) in [4.78, 5) is 32.2. The second-order valence-corrected chi connectivity index (χ2v) is 6.95. The Morgan fingerprint density at radius 2 is 2.00 bits per heavy atom. The molecule has 6 nitrogen and oxygen atoms in total. The van der Waals surface area contributed by atoms with E-state index in [1.54, 1.807) is 16.0 Å². The molecule has 26 heavy (non-hydrogen) atoms. The van der Waals surface area contributed by atoms with Crippen LogP contribution in [0.4, 0.5) is 9.93 Å². The van der Waals surface area contributed by atoms with Crippen LogP contribution in [0.25, 0.3) is 10.8 Å². The molecule has 3 amide bonds. The van der Waals surface area contributed by atoms with E-state index in [1.807, 2.05) is 35.7 Å². The molecule has 1 aromatic heterocycles. The number of piperazine rings is 1. The average molecular weight is 366 g/mol. The number of carbonyl (C=O) groups is 2. The van der Waals surface area contributed by atoms with Crippen LogP contribution in [0.3, 0.4) is 0 Å². The number of nitrogens with one attached hydrogen (secondary N) is 1. The second kappa shape index (κ2) is 7.13. The van der Waals surface area contributed by atoms with Crippen LogP contribution < -0.4 is 10.2 Å². The van der Waals surface area contributed by atoms with Crippen molar-refractivity contribution >= 4 is 39.2 Å². The summed E-state index contributed by atoms with van der Waals surface area (Å²) in [5.41, 5.74) is 1.06. The van der Waals surface area contributed by atoms with Crippen LogP contribution >= 0.6 is 11.3 Å².